The second kappa shape index (κ2) is 5.99. The standard InChI is InChI=1S/C24H34O3/c1-22(2)8-7-9-23(3)19(22)12-16-14-24(16,4)21(23)20(25)15-10-17(26-5)13-18(11-15)27-6/h10-11,13,16,19,21H,7-9,12,14H2,1-6H3/t16-,19-,21+,23-,24+/m0/s1. The largest absolute Gasteiger partial charge is 0.497 e. The lowest BCUT2D eigenvalue weighted by Gasteiger charge is -2.58. The normalized spacial score (nSPS) is 39.1. The van der Waals surface area contributed by atoms with Gasteiger partial charge in [0.25, 0.3) is 0 Å². The molecule has 3 aliphatic carbocycles. The number of rotatable bonds is 4. The number of ketones is 1. The van der Waals surface area contributed by atoms with Gasteiger partial charge in [0.1, 0.15) is 11.5 Å². The SMILES string of the molecule is COc1cc(OC)cc(C(=O)[C@H]2[C@]3(C)C[C@@H]3C[C@H]3C(C)(C)CCC[C@]23C)c1. The maximum absolute atomic E-state index is 13.9. The number of ether oxygens (including phenoxy) is 2. The van der Waals surface area contributed by atoms with Crippen LogP contribution in [0.2, 0.25) is 0 Å². The summed E-state index contributed by atoms with van der Waals surface area (Å²) in [5.41, 5.74) is 1.30. The van der Waals surface area contributed by atoms with Crippen molar-refractivity contribution < 1.29 is 14.3 Å². The Morgan fingerprint density at radius 2 is 1.59 bits per heavy atom. The van der Waals surface area contributed by atoms with Crippen molar-refractivity contribution in [1.29, 1.82) is 0 Å². The Hall–Kier alpha value is -1.51. The summed E-state index contributed by atoms with van der Waals surface area (Å²) in [6.07, 6.45) is 6.18. The van der Waals surface area contributed by atoms with Crippen LogP contribution >= 0.6 is 0 Å². The number of hydrogen-bond acceptors (Lipinski definition) is 3. The summed E-state index contributed by atoms with van der Waals surface area (Å²) < 4.78 is 10.9. The molecular weight excluding hydrogens is 336 g/mol. The van der Waals surface area contributed by atoms with Crippen LogP contribution in [0.1, 0.15) is 70.2 Å². The number of methoxy groups -OCH3 is 2. The molecule has 27 heavy (non-hydrogen) atoms. The highest BCUT2D eigenvalue weighted by molar-refractivity contribution is 6.00. The van der Waals surface area contributed by atoms with Crippen LogP contribution in [-0.2, 0) is 0 Å². The summed E-state index contributed by atoms with van der Waals surface area (Å²) in [6.45, 7) is 9.63. The number of hydrogen-bond donors (Lipinski definition) is 0. The predicted octanol–water partition coefficient (Wildman–Crippen LogP) is 5.77. The number of carbonyl (C=O) groups excluding carboxylic acids is 1. The zero-order valence-corrected chi connectivity index (χ0v) is 17.7. The molecule has 3 aliphatic rings. The molecule has 148 valence electrons. The molecule has 3 saturated carbocycles. The molecule has 0 aliphatic heterocycles. The van der Waals surface area contributed by atoms with Crippen molar-refractivity contribution in [1.82, 2.24) is 0 Å². The Labute approximate surface area is 163 Å². The Morgan fingerprint density at radius 3 is 2.19 bits per heavy atom. The van der Waals surface area contributed by atoms with Crippen LogP contribution in [0.3, 0.4) is 0 Å². The minimum absolute atomic E-state index is 0.0803. The Kier molecular flexibility index (Phi) is 4.18. The van der Waals surface area contributed by atoms with Gasteiger partial charge in [0.15, 0.2) is 5.78 Å². The first-order valence-electron chi connectivity index (χ1n) is 10.4. The van der Waals surface area contributed by atoms with E-state index >= 15 is 0 Å². The molecule has 0 bridgehead atoms. The quantitative estimate of drug-likeness (QED) is 0.632. The van der Waals surface area contributed by atoms with Gasteiger partial charge in [-0.15, -0.1) is 0 Å². The van der Waals surface area contributed by atoms with Gasteiger partial charge in [-0.05, 0) is 65.9 Å². The van der Waals surface area contributed by atoms with Crippen LogP contribution in [0.5, 0.6) is 11.5 Å². The smallest absolute Gasteiger partial charge is 0.167 e. The molecule has 0 radical (unpaired) electrons. The van der Waals surface area contributed by atoms with E-state index in [1.807, 2.05) is 18.2 Å². The molecule has 1 aromatic carbocycles. The van der Waals surface area contributed by atoms with Crippen LogP contribution in [0.15, 0.2) is 18.2 Å². The molecule has 0 heterocycles. The molecule has 4 rings (SSSR count). The van der Waals surface area contributed by atoms with Crippen LogP contribution in [0.25, 0.3) is 0 Å². The molecule has 0 unspecified atom stereocenters. The molecule has 3 fully saturated rings. The van der Waals surface area contributed by atoms with Crippen molar-refractivity contribution in [2.75, 3.05) is 14.2 Å². The second-order valence-electron chi connectivity index (χ2n) is 10.4. The van der Waals surface area contributed by atoms with E-state index in [0.29, 0.717) is 34.5 Å². The van der Waals surface area contributed by atoms with Crippen molar-refractivity contribution in [2.45, 2.75) is 59.8 Å². The third-order valence-electron chi connectivity index (χ3n) is 8.47. The molecule has 0 spiro atoms. The molecule has 3 nitrogen and oxygen atoms in total. The van der Waals surface area contributed by atoms with Crippen molar-refractivity contribution in [3.05, 3.63) is 23.8 Å². The van der Waals surface area contributed by atoms with E-state index in [-0.39, 0.29) is 16.7 Å². The minimum Gasteiger partial charge on any atom is -0.497 e. The van der Waals surface area contributed by atoms with Gasteiger partial charge in [0.05, 0.1) is 14.2 Å². The van der Waals surface area contributed by atoms with Gasteiger partial charge in [0, 0.05) is 17.5 Å². The first-order chi connectivity index (χ1) is 12.7. The Bertz CT molecular complexity index is 745. The Morgan fingerprint density at radius 1 is 0.963 bits per heavy atom. The molecule has 0 N–H and O–H groups in total. The lowest BCUT2D eigenvalue weighted by molar-refractivity contribution is -0.0831. The monoisotopic (exact) mass is 370 g/mol. The maximum Gasteiger partial charge on any atom is 0.167 e. The molecule has 3 heteroatoms. The number of fused-ring (bicyclic) bond motifs is 2. The minimum atomic E-state index is 0.0803. The lowest BCUT2D eigenvalue weighted by atomic mass is 9.45. The van der Waals surface area contributed by atoms with Crippen molar-refractivity contribution in [3.63, 3.8) is 0 Å². The first kappa shape index (κ1) is 18.8. The highest BCUT2D eigenvalue weighted by Crippen LogP contribution is 2.75. The van der Waals surface area contributed by atoms with E-state index in [1.165, 1.54) is 32.1 Å². The van der Waals surface area contributed by atoms with Crippen LogP contribution in [0, 0.1) is 34.0 Å². The zero-order valence-electron chi connectivity index (χ0n) is 17.7. The number of Topliss-reactive ketones (excluding diaryl/α,β-unsaturated/α-hetero) is 1. The van der Waals surface area contributed by atoms with E-state index in [0.717, 1.165) is 5.56 Å². The van der Waals surface area contributed by atoms with Crippen molar-refractivity contribution >= 4 is 5.78 Å². The van der Waals surface area contributed by atoms with Crippen LogP contribution < -0.4 is 9.47 Å². The summed E-state index contributed by atoms with van der Waals surface area (Å²) >= 11 is 0. The zero-order chi connectivity index (χ0) is 19.6. The fourth-order valence-electron chi connectivity index (χ4n) is 7.03. The highest BCUT2D eigenvalue weighted by atomic mass is 16.5. The third kappa shape index (κ3) is 2.72. The fraction of sp³-hybridized carbons (Fsp3) is 0.708. The third-order valence-corrected chi connectivity index (χ3v) is 8.47. The van der Waals surface area contributed by atoms with Gasteiger partial charge >= 0.3 is 0 Å². The lowest BCUT2D eigenvalue weighted by Crippen LogP contribution is -2.54. The van der Waals surface area contributed by atoms with E-state index in [1.54, 1.807) is 14.2 Å². The predicted molar refractivity (Wildman–Crippen MR) is 107 cm³/mol. The van der Waals surface area contributed by atoms with Crippen LogP contribution in [-0.4, -0.2) is 20.0 Å². The van der Waals surface area contributed by atoms with Gasteiger partial charge in [-0.2, -0.15) is 0 Å². The molecule has 0 aromatic heterocycles. The molecule has 0 amide bonds. The summed E-state index contributed by atoms with van der Waals surface area (Å²) in [5.74, 6) is 3.09. The second-order valence-corrected chi connectivity index (χ2v) is 10.4. The van der Waals surface area contributed by atoms with E-state index in [9.17, 15) is 4.79 Å². The van der Waals surface area contributed by atoms with Gasteiger partial charge in [-0.3, -0.25) is 4.79 Å². The highest BCUT2D eigenvalue weighted by Gasteiger charge is 2.70. The summed E-state index contributed by atoms with van der Waals surface area (Å²) in [6, 6.07) is 5.63. The molecule has 0 saturated heterocycles. The van der Waals surface area contributed by atoms with Gasteiger partial charge in [-0.25, -0.2) is 0 Å². The molecule has 5 atom stereocenters. The van der Waals surface area contributed by atoms with Gasteiger partial charge < -0.3 is 9.47 Å². The number of benzene rings is 1. The van der Waals surface area contributed by atoms with Crippen molar-refractivity contribution in [2.24, 2.45) is 34.0 Å². The van der Waals surface area contributed by atoms with Crippen molar-refractivity contribution in [3.8, 4) is 11.5 Å². The van der Waals surface area contributed by atoms with E-state index in [4.69, 9.17) is 9.47 Å². The topological polar surface area (TPSA) is 35.5 Å². The van der Waals surface area contributed by atoms with Crippen LogP contribution in [0.4, 0.5) is 0 Å². The number of carbonyl (C=O) groups is 1. The summed E-state index contributed by atoms with van der Waals surface area (Å²) in [4.78, 5) is 13.9. The first-order valence-corrected chi connectivity index (χ1v) is 10.4. The van der Waals surface area contributed by atoms with E-state index < -0.39 is 0 Å². The maximum atomic E-state index is 13.9. The van der Waals surface area contributed by atoms with Gasteiger partial charge in [-0.1, -0.05) is 34.1 Å². The Balaban J connectivity index is 1.78. The average Bonchev–Trinajstić information content (AvgIpc) is 3.29. The summed E-state index contributed by atoms with van der Waals surface area (Å²) in [7, 11) is 3.28. The van der Waals surface area contributed by atoms with E-state index in [2.05, 4.69) is 27.7 Å². The fourth-order valence-corrected chi connectivity index (χ4v) is 7.03. The van der Waals surface area contributed by atoms with Gasteiger partial charge in [0.2, 0.25) is 0 Å². The average molecular weight is 371 g/mol. The summed E-state index contributed by atoms with van der Waals surface area (Å²) in [5, 5.41) is 0. The molecule has 1 aromatic rings. The molecular formula is C24H34O3.